The van der Waals surface area contributed by atoms with Crippen LogP contribution in [0, 0.1) is 0 Å². The maximum atomic E-state index is 12.9. The first-order valence-electron chi connectivity index (χ1n) is 38.5. The largest absolute Gasteiger partial charge is 0.472 e. The standard InChI is InChI=1S/C79H140O16P2/c1-4-7-10-13-16-19-22-25-26-27-28-29-30-31-32-33-34-35-36-37-38-39-40-41-42-43-44-45-46-49-51-53-56-59-62-65-77(82)89-68-74(80)69-91-96(85,86)92-70-75(81)71-93-97(87,88)94-73-76(95-79(84)67-64-61-58-55-52-48-24-21-18-15-12-9-6-3)72-90-78(83)66-63-60-57-54-50-47-23-20-17-14-11-8-5-2/h7,10-11,14,16,19-20,23,25-26,28-29,31-32,34-35,74-76,80-81H,4-6,8-9,12-13,15,17-18,21-22,24,27,30,33,36-73H2,1-3H3,(H,85,86)(H,87,88)/b10-7-,14-11-,19-16-,23-20-,26-25-,29-28-,32-31-,35-34-. The molecule has 0 saturated carbocycles. The van der Waals surface area contributed by atoms with Crippen molar-refractivity contribution in [2.75, 3.05) is 39.6 Å². The monoisotopic (exact) mass is 1410 g/mol. The van der Waals surface area contributed by atoms with Crippen LogP contribution in [-0.2, 0) is 55.8 Å². The van der Waals surface area contributed by atoms with E-state index in [1.807, 2.05) is 0 Å². The van der Waals surface area contributed by atoms with Crippen molar-refractivity contribution < 1.29 is 75.8 Å². The summed E-state index contributed by atoms with van der Waals surface area (Å²) in [6.45, 7) is 2.51. The van der Waals surface area contributed by atoms with Gasteiger partial charge in [-0.2, -0.15) is 0 Å². The Balaban J connectivity index is 4.30. The van der Waals surface area contributed by atoms with E-state index in [0.29, 0.717) is 19.3 Å². The highest BCUT2D eigenvalue weighted by atomic mass is 31.2. The summed E-state index contributed by atoms with van der Waals surface area (Å²) in [4.78, 5) is 58.4. The van der Waals surface area contributed by atoms with E-state index in [1.165, 1.54) is 135 Å². The van der Waals surface area contributed by atoms with Crippen LogP contribution < -0.4 is 0 Å². The van der Waals surface area contributed by atoms with Gasteiger partial charge in [-0.3, -0.25) is 32.5 Å². The zero-order valence-corrected chi connectivity index (χ0v) is 63.0. The highest BCUT2D eigenvalue weighted by Gasteiger charge is 2.29. The Hall–Kier alpha value is -3.53. The molecule has 0 aliphatic heterocycles. The topological polar surface area (TPSA) is 231 Å². The SMILES string of the molecule is CC/C=C\C/C=C\C/C=C\C/C=C\C/C=C\C/C=C\CCCCCCCCCCCCCCCCCCC(=O)OCC(O)COP(=O)(O)OCC(O)COP(=O)(O)OCC(COC(=O)CCCCCCC/C=C\C/C=C\CCC)OC(=O)CCCCCCCCCCCCCCC. The molecule has 0 radical (unpaired) electrons. The third kappa shape index (κ3) is 73.5. The van der Waals surface area contributed by atoms with Gasteiger partial charge in [0.25, 0.3) is 0 Å². The fraction of sp³-hybridized carbons (Fsp3) is 0.759. The highest BCUT2D eigenvalue weighted by Crippen LogP contribution is 2.45. The number of rotatable bonds is 73. The van der Waals surface area contributed by atoms with Crippen LogP contribution in [0.25, 0.3) is 0 Å². The summed E-state index contributed by atoms with van der Waals surface area (Å²) < 4.78 is 60.9. The highest BCUT2D eigenvalue weighted by molar-refractivity contribution is 7.47. The number of ether oxygens (including phenoxy) is 3. The maximum absolute atomic E-state index is 12.9. The van der Waals surface area contributed by atoms with E-state index < -0.39 is 91.5 Å². The summed E-state index contributed by atoms with van der Waals surface area (Å²) >= 11 is 0. The molecule has 0 heterocycles. The first kappa shape index (κ1) is 93.5. The first-order chi connectivity index (χ1) is 47.2. The second-order valence-corrected chi connectivity index (χ2v) is 28.7. The molecule has 0 fully saturated rings. The van der Waals surface area contributed by atoms with E-state index in [1.54, 1.807) is 0 Å². The van der Waals surface area contributed by atoms with E-state index in [-0.39, 0.29) is 19.3 Å². The minimum Gasteiger partial charge on any atom is -0.463 e. The van der Waals surface area contributed by atoms with Crippen LogP contribution in [0.5, 0.6) is 0 Å². The summed E-state index contributed by atoms with van der Waals surface area (Å²) in [7, 11) is -9.77. The van der Waals surface area contributed by atoms with Crippen LogP contribution in [0.2, 0.25) is 0 Å². The number of carbonyl (C=O) groups excluding carboxylic acids is 3. The number of hydrogen-bond acceptors (Lipinski definition) is 14. The third-order valence-corrected chi connectivity index (χ3v) is 18.2. The van der Waals surface area contributed by atoms with Crippen LogP contribution in [0.3, 0.4) is 0 Å². The van der Waals surface area contributed by atoms with Gasteiger partial charge in [0, 0.05) is 19.3 Å². The molecule has 18 heteroatoms. The lowest BCUT2D eigenvalue weighted by Gasteiger charge is -2.21. The second kappa shape index (κ2) is 72.3. The molecular formula is C79H140O16P2. The van der Waals surface area contributed by atoms with Gasteiger partial charge in [0.15, 0.2) is 6.10 Å². The number of aliphatic hydroxyl groups excluding tert-OH is 2. The van der Waals surface area contributed by atoms with Gasteiger partial charge in [0.2, 0.25) is 0 Å². The van der Waals surface area contributed by atoms with Crippen molar-refractivity contribution in [2.45, 2.75) is 347 Å². The normalized spacial score (nSPS) is 14.6. The van der Waals surface area contributed by atoms with Gasteiger partial charge in [-0.05, 0) is 96.3 Å². The zero-order chi connectivity index (χ0) is 70.9. The summed E-state index contributed by atoms with van der Waals surface area (Å²) in [5.41, 5.74) is 0. The van der Waals surface area contributed by atoms with Crippen molar-refractivity contribution in [2.24, 2.45) is 0 Å². The van der Waals surface area contributed by atoms with E-state index in [0.717, 1.165) is 135 Å². The van der Waals surface area contributed by atoms with Gasteiger partial charge in [-0.15, -0.1) is 0 Å². The number of aliphatic hydroxyl groups is 2. The molecule has 0 rings (SSSR count). The molecule has 0 aromatic carbocycles. The van der Waals surface area contributed by atoms with Gasteiger partial charge in [-0.1, -0.05) is 311 Å². The Morgan fingerprint density at radius 2 is 0.567 bits per heavy atom. The summed E-state index contributed by atoms with van der Waals surface area (Å²) in [6.07, 6.45) is 82.0. The molecule has 0 amide bonds. The molecule has 562 valence electrons. The van der Waals surface area contributed by atoms with E-state index in [9.17, 15) is 43.5 Å². The molecule has 5 atom stereocenters. The van der Waals surface area contributed by atoms with Gasteiger partial charge in [-0.25, -0.2) is 9.13 Å². The fourth-order valence-corrected chi connectivity index (χ4v) is 12.0. The number of esters is 3. The molecular weight excluding hydrogens is 1270 g/mol. The quantitative estimate of drug-likeness (QED) is 0.0146. The molecule has 97 heavy (non-hydrogen) atoms. The number of phosphoric ester groups is 2. The molecule has 0 aromatic rings. The molecule has 0 saturated heterocycles. The van der Waals surface area contributed by atoms with Gasteiger partial charge in [0.05, 0.1) is 26.4 Å². The van der Waals surface area contributed by atoms with Gasteiger partial charge in [0.1, 0.15) is 25.4 Å². The average Bonchev–Trinajstić information content (AvgIpc) is 1.57. The van der Waals surface area contributed by atoms with Crippen molar-refractivity contribution in [3.8, 4) is 0 Å². The first-order valence-corrected chi connectivity index (χ1v) is 41.5. The summed E-state index contributed by atoms with van der Waals surface area (Å²) in [6, 6.07) is 0. The van der Waals surface area contributed by atoms with Crippen LogP contribution in [0.15, 0.2) is 97.2 Å². The summed E-state index contributed by atoms with van der Waals surface area (Å²) in [5.74, 6) is -1.58. The van der Waals surface area contributed by atoms with Crippen molar-refractivity contribution in [3.63, 3.8) is 0 Å². The van der Waals surface area contributed by atoms with E-state index >= 15 is 0 Å². The molecule has 0 aliphatic carbocycles. The van der Waals surface area contributed by atoms with Crippen molar-refractivity contribution >= 4 is 33.6 Å². The number of phosphoric acid groups is 2. The van der Waals surface area contributed by atoms with Gasteiger partial charge < -0.3 is 34.2 Å². The Kier molecular flexibility index (Phi) is 69.6. The molecule has 0 spiro atoms. The minimum atomic E-state index is -4.92. The molecule has 0 bridgehead atoms. The molecule has 4 N–H and O–H groups in total. The Labute approximate surface area is 590 Å². The van der Waals surface area contributed by atoms with Gasteiger partial charge >= 0.3 is 33.6 Å². The van der Waals surface area contributed by atoms with Crippen molar-refractivity contribution in [1.29, 1.82) is 0 Å². The molecule has 16 nitrogen and oxygen atoms in total. The Morgan fingerprint density at radius 3 is 0.907 bits per heavy atom. The fourth-order valence-electron chi connectivity index (χ4n) is 10.4. The third-order valence-electron chi connectivity index (χ3n) is 16.3. The van der Waals surface area contributed by atoms with Crippen LogP contribution in [-0.4, -0.2) is 95.9 Å². The number of hydrogen-bond donors (Lipinski definition) is 4. The lowest BCUT2D eigenvalue weighted by atomic mass is 10.0. The second-order valence-electron chi connectivity index (χ2n) is 25.8. The van der Waals surface area contributed by atoms with Crippen LogP contribution in [0.1, 0.15) is 329 Å². The zero-order valence-electron chi connectivity index (χ0n) is 61.2. The lowest BCUT2D eigenvalue weighted by molar-refractivity contribution is -0.161. The maximum Gasteiger partial charge on any atom is 0.472 e. The summed E-state index contributed by atoms with van der Waals surface area (Å²) in [5, 5.41) is 20.6. The van der Waals surface area contributed by atoms with Crippen molar-refractivity contribution in [3.05, 3.63) is 97.2 Å². The number of allylic oxidation sites excluding steroid dienone is 16. The predicted molar refractivity (Wildman–Crippen MR) is 399 cm³/mol. The number of unbranched alkanes of at least 4 members (excludes halogenated alkanes) is 34. The Bertz CT molecular complexity index is 2150. The van der Waals surface area contributed by atoms with Crippen LogP contribution in [0.4, 0.5) is 0 Å². The molecule has 0 aromatic heterocycles. The molecule has 5 unspecified atom stereocenters. The van der Waals surface area contributed by atoms with E-state index in [4.69, 9.17) is 32.3 Å². The lowest BCUT2D eigenvalue weighted by Crippen LogP contribution is -2.30. The smallest absolute Gasteiger partial charge is 0.463 e. The Morgan fingerprint density at radius 1 is 0.299 bits per heavy atom. The predicted octanol–water partition coefficient (Wildman–Crippen LogP) is 22.2. The minimum absolute atomic E-state index is 0.106. The van der Waals surface area contributed by atoms with Crippen molar-refractivity contribution in [1.82, 2.24) is 0 Å². The number of carbonyl (C=O) groups is 3. The van der Waals surface area contributed by atoms with E-state index in [2.05, 4.69) is 118 Å². The molecule has 0 aliphatic rings. The van der Waals surface area contributed by atoms with Crippen LogP contribution >= 0.6 is 15.6 Å². The average molecular weight is 1410 g/mol.